The van der Waals surface area contributed by atoms with Gasteiger partial charge in [0.05, 0.1) is 56.7 Å². The zero-order chi connectivity index (χ0) is 101. The van der Waals surface area contributed by atoms with Crippen LogP contribution in [0.4, 0.5) is 11.6 Å². The Balaban J connectivity index is 1.25. The van der Waals surface area contributed by atoms with Crippen molar-refractivity contribution < 1.29 is 135 Å². The second-order valence-corrected chi connectivity index (χ2v) is 34.7. The van der Waals surface area contributed by atoms with E-state index in [1.165, 1.54) is 52.8 Å². The van der Waals surface area contributed by atoms with E-state index < -0.39 is 271 Å². The molecule has 13 atom stereocenters. The number of H-pyrrole nitrogens is 1. The molecular weight excluding hydrogens is 1820 g/mol. The number of esters is 1. The number of nitrogens with one attached hydrogen (secondary N) is 15. The second kappa shape index (κ2) is 54.0. The number of hydrogen-bond acceptors (Lipinski definition) is 29. The summed E-state index contributed by atoms with van der Waals surface area (Å²) in [4.78, 5) is 291. The van der Waals surface area contributed by atoms with Crippen molar-refractivity contribution in [2.24, 2.45) is 11.7 Å². The molecule has 2 aliphatic rings. The minimum atomic E-state index is -3.99. The number of aliphatic hydroxyl groups is 1. The molecule has 5 aromatic rings. The van der Waals surface area contributed by atoms with Crippen LogP contribution in [0.1, 0.15) is 152 Å². The van der Waals surface area contributed by atoms with Crippen molar-refractivity contribution in [1.82, 2.24) is 93.7 Å². The number of aromatic nitrogens is 3. The summed E-state index contributed by atoms with van der Waals surface area (Å²) in [5.74, 6) is -29.8. The Labute approximate surface area is 785 Å². The van der Waals surface area contributed by atoms with Crippen LogP contribution in [0, 0.1) is 5.92 Å². The molecule has 24 N–H and O–H groups in total. The van der Waals surface area contributed by atoms with Gasteiger partial charge in [-0.3, -0.25) is 91.1 Å². The average molecular weight is 1940 g/mol. The normalized spacial score (nSPS) is 20.6. The highest BCUT2D eigenvalue weighted by atomic mass is 32.2. The molecule has 3 unspecified atom stereocenters. The predicted molar refractivity (Wildman–Crippen MR) is 482 cm³/mol. The first kappa shape index (κ1) is 109. The van der Waals surface area contributed by atoms with Crippen molar-refractivity contribution in [3.8, 4) is 0 Å². The van der Waals surface area contributed by atoms with Gasteiger partial charge in [-0.1, -0.05) is 94.8 Å². The van der Waals surface area contributed by atoms with Gasteiger partial charge >= 0.3 is 29.8 Å². The van der Waals surface area contributed by atoms with E-state index >= 15 is 14.4 Å². The molecular formula is C87H117N21O28S. The molecule has 49 nitrogen and oxygen atoms in total. The van der Waals surface area contributed by atoms with E-state index in [1.807, 2.05) is 20.9 Å². The number of carboxylic acid groups (broad SMARTS) is 4. The van der Waals surface area contributed by atoms with Crippen LogP contribution in [-0.4, -0.2) is 297 Å². The van der Waals surface area contributed by atoms with Crippen molar-refractivity contribution in [2.45, 2.75) is 221 Å². The summed E-state index contributed by atoms with van der Waals surface area (Å²) in [5, 5.41) is 82.9. The summed E-state index contributed by atoms with van der Waals surface area (Å²) in [6.07, 6.45) is 0.349. The van der Waals surface area contributed by atoms with E-state index in [-0.39, 0.29) is 61.6 Å². The number of cyclic esters (lactones) is 1. The van der Waals surface area contributed by atoms with Gasteiger partial charge in [-0.2, -0.15) is 4.31 Å². The molecule has 137 heavy (non-hydrogen) atoms. The standard InChI is InChI=1S/C87H117N21O28S/c1-5-6-7-8-9-10-11-23-67(112)98-58(36-51-43-93-56-21-15-13-18-53(51)56)80(127)101-59(38-66(89)111)81(128)103-62(41-73(121)122)82(129)106-75-49(4)136-86(133)63(37-65(110)54-19-12-14-20-55(54)88)104-85(132)74(47(2)35-70(115)116)105-83(130)64(46-109)99-69(114)44-94-77(124)60(39-71(117)118)100-76(123)48(3)96-79(126)61(40-72(119)120)102-78(125)57(97-68(113)45-95-84(75)131)22-16-28-90-42-50-24-26-52(27-25-50)137(134,135)108-33-31-107(32-34-108)87-91-29-17-30-92-87/h12-15,17-21,24-27,29-30,43,47-49,57-64,74-75,90,93,109H,5-11,16,22-23,28,31-42,44-46,88H2,1-4H3,(H2,89,111)(H,94,124)(H,95,131)(H,96,126)(H,97,113)(H,98,112)(H,99,114)(H,100,123)(H,101,127)(H,102,125)(H,103,128)(H,104,132)(H,105,130)(H,106,129)(H,115,116)(H,117,118)(H,119,120)(H,121,122)/t47-,48-,49-,57+,58+,59+,60+,61?,62+,63+,64-,74?,75?/m1/s1. The van der Waals surface area contributed by atoms with E-state index in [0.29, 0.717) is 53.9 Å². The van der Waals surface area contributed by atoms with E-state index in [9.17, 15) is 115 Å². The molecule has 7 rings (SSSR count). The number of sulfonamides is 1. The van der Waals surface area contributed by atoms with Gasteiger partial charge in [0.15, 0.2) is 5.78 Å². The largest absolute Gasteiger partial charge is 0.481 e. The van der Waals surface area contributed by atoms with Crippen LogP contribution in [0.25, 0.3) is 10.9 Å². The Morgan fingerprint density at radius 3 is 1.74 bits per heavy atom. The van der Waals surface area contributed by atoms with E-state index in [2.05, 4.69) is 80.4 Å². The van der Waals surface area contributed by atoms with Gasteiger partial charge in [0.25, 0.3) is 0 Å². The summed E-state index contributed by atoms with van der Waals surface area (Å²) in [5.41, 5.74) is 13.0. The van der Waals surface area contributed by atoms with Crippen LogP contribution in [-0.2, 0) is 119 Å². The summed E-state index contributed by atoms with van der Waals surface area (Å²) in [6, 6.07) is -3.60. The van der Waals surface area contributed by atoms with Crippen LogP contribution < -0.4 is 90.8 Å². The minimum Gasteiger partial charge on any atom is -0.481 e. The molecule has 0 spiro atoms. The van der Waals surface area contributed by atoms with Crippen molar-refractivity contribution >= 4 is 151 Å². The number of ether oxygens (including phenoxy) is 1. The quantitative estimate of drug-likeness (QED) is 0.00759. The smallest absolute Gasteiger partial charge is 0.329 e. The molecule has 2 fully saturated rings. The van der Waals surface area contributed by atoms with Gasteiger partial charge in [0, 0.05) is 92.7 Å². The van der Waals surface area contributed by atoms with Crippen LogP contribution in [0.5, 0.6) is 0 Å². The fraction of sp³-hybridized carbons (Fsp3) is 0.494. The number of amides is 14. The average Bonchev–Trinajstić information content (AvgIpc) is 0.892. The number of fused-ring (bicyclic) bond motifs is 1. The molecule has 3 aromatic carbocycles. The number of nitrogens with two attached hydrogens (primary N) is 2. The summed E-state index contributed by atoms with van der Waals surface area (Å²) in [7, 11) is -3.99. The van der Waals surface area contributed by atoms with Crippen LogP contribution >= 0.6 is 0 Å². The molecule has 2 saturated heterocycles. The van der Waals surface area contributed by atoms with E-state index in [1.54, 1.807) is 48.9 Å². The molecule has 744 valence electrons. The number of hydrogen-bond donors (Lipinski definition) is 22. The lowest BCUT2D eigenvalue weighted by Gasteiger charge is -2.33. The zero-order valence-corrected chi connectivity index (χ0v) is 76.4. The van der Waals surface area contributed by atoms with E-state index in [0.717, 1.165) is 52.9 Å². The predicted octanol–water partition coefficient (Wildman–Crippen LogP) is -4.49. The Kier molecular flexibility index (Phi) is 43.1. The number of piperazine rings is 1. The number of benzene rings is 3. The SMILES string of the molecule is CCCCCCCCCC(=O)N[C@@H](Cc1c[nH]c2ccccc12)C(=O)N[C@@H](CC(N)=O)C(=O)N[C@@H](CC(=O)O)C(=O)NC1C(=O)NCC(=O)N[C@@H](CCCNCc2ccc(S(=O)(=O)N3CCN(c4ncccn4)CC3)cc2)C(=O)NC(CC(=O)O)C(=O)N[C@H](C)C(=O)N[C@@H](CC(=O)O)C(=O)NCC(=O)N[C@H](CO)C(=O)NC([C@H](C)CC(=O)O)C(=O)N[C@@H](CC(=O)c2ccccc2N)C(=O)O[C@@H]1C. The number of nitrogens with zero attached hydrogens (tertiary/aromatic N) is 4. The molecule has 50 heteroatoms. The molecule has 2 aliphatic heterocycles. The monoisotopic (exact) mass is 1940 g/mol. The summed E-state index contributed by atoms with van der Waals surface area (Å²) < 4.78 is 34.7. The van der Waals surface area contributed by atoms with Gasteiger partial charge in [-0.25, -0.2) is 23.2 Å². The first-order valence-electron chi connectivity index (χ1n) is 44.1. The number of ketones is 1. The molecule has 0 radical (unpaired) electrons. The number of anilines is 2. The molecule has 0 aliphatic carbocycles. The number of para-hydroxylation sites is 2. The first-order chi connectivity index (χ1) is 65.0. The zero-order valence-electron chi connectivity index (χ0n) is 75.6. The van der Waals surface area contributed by atoms with Crippen molar-refractivity contribution in [3.05, 3.63) is 114 Å². The van der Waals surface area contributed by atoms with Crippen LogP contribution in [0.3, 0.4) is 0 Å². The second-order valence-electron chi connectivity index (χ2n) is 32.7. The number of carboxylic acids is 4. The first-order valence-corrected chi connectivity index (χ1v) is 45.6. The van der Waals surface area contributed by atoms with Gasteiger partial charge in [-0.05, 0) is 93.1 Å². The highest BCUT2D eigenvalue weighted by molar-refractivity contribution is 7.89. The number of Topliss-reactive ketones (excluding diaryl/α,β-unsaturated/α-hetero) is 1. The Morgan fingerprint density at radius 2 is 1.12 bits per heavy atom. The Hall–Kier alpha value is -14.7. The highest BCUT2D eigenvalue weighted by Gasteiger charge is 2.42. The third-order valence-corrected chi connectivity index (χ3v) is 23.9. The summed E-state index contributed by atoms with van der Waals surface area (Å²) >= 11 is 0. The third-order valence-electron chi connectivity index (χ3n) is 22.0. The van der Waals surface area contributed by atoms with Crippen molar-refractivity contribution in [2.75, 3.05) is 63.1 Å². The van der Waals surface area contributed by atoms with Crippen molar-refractivity contribution in [1.29, 1.82) is 0 Å². The maximum atomic E-state index is 15.1. The van der Waals surface area contributed by atoms with Gasteiger partial charge in [0.2, 0.25) is 98.7 Å². The van der Waals surface area contributed by atoms with E-state index in [4.69, 9.17) is 16.2 Å². The number of carbonyl (C=O) groups is 20. The molecule has 2 aromatic heterocycles. The Morgan fingerprint density at radius 1 is 0.562 bits per heavy atom. The fourth-order valence-corrected chi connectivity index (χ4v) is 16.0. The number of primary amides is 1. The molecule has 0 bridgehead atoms. The fourth-order valence-electron chi connectivity index (χ4n) is 14.6. The van der Waals surface area contributed by atoms with Gasteiger partial charge in [-0.15, -0.1) is 0 Å². The molecule has 4 heterocycles. The highest BCUT2D eigenvalue weighted by Crippen LogP contribution is 2.24. The number of nitrogen functional groups attached to an aromatic ring is 1. The Bertz CT molecular complexity index is 5270. The number of aliphatic hydroxyl groups excluding tert-OH is 1. The number of aromatic amines is 1. The third kappa shape index (κ3) is 35.3. The lowest BCUT2D eigenvalue weighted by atomic mass is 9.96. The number of aliphatic carboxylic acids is 4. The topological polar surface area (TPSA) is 754 Å². The lowest BCUT2D eigenvalue weighted by Crippen LogP contribution is -2.62. The summed E-state index contributed by atoms with van der Waals surface area (Å²) in [6.45, 7) is 2.03. The number of unbranched alkanes of at least 4 members (excludes halogenated alkanes) is 6. The maximum Gasteiger partial charge on any atom is 0.329 e. The number of rotatable bonds is 41. The van der Waals surface area contributed by atoms with Crippen LogP contribution in [0.15, 0.2) is 102 Å². The van der Waals surface area contributed by atoms with Crippen LogP contribution in [0.2, 0.25) is 0 Å². The maximum absolute atomic E-state index is 15.1. The minimum absolute atomic E-state index is 0.0227. The van der Waals surface area contributed by atoms with Gasteiger partial charge < -0.3 is 126 Å². The number of carbonyl (C=O) groups excluding carboxylic acids is 16. The molecule has 0 saturated carbocycles. The lowest BCUT2D eigenvalue weighted by molar-refractivity contribution is -0.156. The van der Waals surface area contributed by atoms with Crippen molar-refractivity contribution in [3.63, 3.8) is 0 Å². The van der Waals surface area contributed by atoms with Gasteiger partial charge in [0.1, 0.15) is 72.6 Å². The molecule has 14 amide bonds.